The molecule has 1 aliphatic rings. The number of nitrogens with zero attached hydrogens (tertiary/aromatic N) is 1. The molecular weight excluding hydrogens is 202 g/mol. The molecule has 1 rings (SSSR count). The van der Waals surface area contributed by atoms with Crippen LogP contribution in [-0.4, -0.2) is 44.0 Å². The summed E-state index contributed by atoms with van der Waals surface area (Å²) in [5, 5.41) is 3.13. The molecule has 0 heterocycles. The first kappa shape index (κ1) is 13.5. The van der Waals surface area contributed by atoms with E-state index >= 15 is 0 Å². The highest BCUT2D eigenvalue weighted by Crippen LogP contribution is 2.23. The lowest BCUT2D eigenvalue weighted by molar-refractivity contribution is -0.122. The van der Waals surface area contributed by atoms with Gasteiger partial charge in [-0.2, -0.15) is 0 Å². The van der Waals surface area contributed by atoms with Gasteiger partial charge in [0.2, 0.25) is 5.91 Å². The maximum Gasteiger partial charge on any atom is 0.221 e. The van der Waals surface area contributed by atoms with Crippen LogP contribution in [0.4, 0.5) is 0 Å². The Hall–Kier alpha value is -0.610. The quantitative estimate of drug-likeness (QED) is 0.722. The van der Waals surface area contributed by atoms with E-state index in [1.807, 2.05) is 19.0 Å². The Balaban J connectivity index is 2.30. The first-order valence-electron chi connectivity index (χ1n) is 6.27. The van der Waals surface area contributed by atoms with Crippen molar-refractivity contribution in [1.82, 2.24) is 10.2 Å². The van der Waals surface area contributed by atoms with Crippen molar-refractivity contribution in [1.29, 1.82) is 0 Å². The van der Waals surface area contributed by atoms with Crippen molar-refractivity contribution in [2.75, 3.05) is 27.2 Å². The first-order chi connectivity index (χ1) is 7.63. The molecule has 3 N–H and O–H groups in total. The standard InChI is InChI=1S/C12H25N3O/c1-15(2)8-7-12(16)14-11-6-4-3-5-10(11)9-13/h10-11H,3-9,13H2,1-2H3,(H,14,16). The maximum atomic E-state index is 11.7. The lowest BCUT2D eigenvalue weighted by atomic mass is 9.84. The largest absolute Gasteiger partial charge is 0.353 e. The predicted molar refractivity (Wildman–Crippen MR) is 66.1 cm³/mol. The van der Waals surface area contributed by atoms with Crippen LogP contribution in [-0.2, 0) is 4.79 Å². The molecule has 0 aromatic carbocycles. The molecule has 1 fully saturated rings. The molecular formula is C12H25N3O. The lowest BCUT2D eigenvalue weighted by Crippen LogP contribution is -2.45. The fourth-order valence-electron chi connectivity index (χ4n) is 2.28. The van der Waals surface area contributed by atoms with Gasteiger partial charge in [-0.25, -0.2) is 0 Å². The average molecular weight is 227 g/mol. The van der Waals surface area contributed by atoms with Crippen LogP contribution in [0.2, 0.25) is 0 Å². The number of hydrogen-bond acceptors (Lipinski definition) is 3. The highest BCUT2D eigenvalue weighted by Gasteiger charge is 2.24. The van der Waals surface area contributed by atoms with Gasteiger partial charge < -0.3 is 16.0 Å². The van der Waals surface area contributed by atoms with Crippen LogP contribution in [0.25, 0.3) is 0 Å². The van der Waals surface area contributed by atoms with E-state index in [-0.39, 0.29) is 5.91 Å². The minimum absolute atomic E-state index is 0.166. The summed E-state index contributed by atoms with van der Waals surface area (Å²) in [5.74, 6) is 0.649. The predicted octanol–water partition coefficient (Wildman–Crippen LogP) is 0.572. The second-order valence-corrected chi connectivity index (χ2v) is 5.01. The van der Waals surface area contributed by atoms with Gasteiger partial charge in [0.05, 0.1) is 0 Å². The summed E-state index contributed by atoms with van der Waals surface area (Å²) in [7, 11) is 3.97. The Morgan fingerprint density at radius 1 is 1.38 bits per heavy atom. The zero-order valence-electron chi connectivity index (χ0n) is 10.5. The minimum Gasteiger partial charge on any atom is -0.353 e. The highest BCUT2D eigenvalue weighted by molar-refractivity contribution is 5.76. The third-order valence-corrected chi connectivity index (χ3v) is 3.34. The Morgan fingerprint density at radius 2 is 2.06 bits per heavy atom. The number of nitrogens with two attached hydrogens (primary N) is 1. The Labute approximate surface area is 98.6 Å². The fourth-order valence-corrected chi connectivity index (χ4v) is 2.28. The second-order valence-electron chi connectivity index (χ2n) is 5.01. The summed E-state index contributed by atoms with van der Waals surface area (Å²) in [6, 6.07) is 0.313. The van der Waals surface area contributed by atoms with Crippen LogP contribution in [0.15, 0.2) is 0 Å². The number of carbonyl (C=O) groups is 1. The number of amides is 1. The SMILES string of the molecule is CN(C)CCC(=O)NC1CCCCC1CN. The molecule has 0 bridgehead atoms. The van der Waals surface area contributed by atoms with Crippen molar-refractivity contribution >= 4 is 5.91 Å². The molecule has 1 aliphatic carbocycles. The van der Waals surface area contributed by atoms with E-state index in [1.165, 1.54) is 12.8 Å². The van der Waals surface area contributed by atoms with E-state index in [1.54, 1.807) is 0 Å². The van der Waals surface area contributed by atoms with Gasteiger partial charge in [-0.05, 0) is 39.4 Å². The Morgan fingerprint density at radius 3 is 2.69 bits per heavy atom. The summed E-state index contributed by atoms with van der Waals surface area (Å²) >= 11 is 0. The zero-order valence-corrected chi connectivity index (χ0v) is 10.5. The Bertz CT molecular complexity index is 218. The monoisotopic (exact) mass is 227 g/mol. The average Bonchev–Trinajstić information content (AvgIpc) is 2.27. The first-order valence-corrected chi connectivity index (χ1v) is 6.27. The minimum atomic E-state index is 0.166. The van der Waals surface area contributed by atoms with Gasteiger partial charge in [-0.3, -0.25) is 4.79 Å². The van der Waals surface area contributed by atoms with Crippen LogP contribution in [0.5, 0.6) is 0 Å². The summed E-state index contributed by atoms with van der Waals surface area (Å²) in [5.41, 5.74) is 5.73. The van der Waals surface area contributed by atoms with Crippen molar-refractivity contribution in [3.63, 3.8) is 0 Å². The van der Waals surface area contributed by atoms with Gasteiger partial charge in [0.1, 0.15) is 0 Å². The van der Waals surface area contributed by atoms with E-state index in [2.05, 4.69) is 5.32 Å². The van der Waals surface area contributed by atoms with Crippen LogP contribution in [0.1, 0.15) is 32.1 Å². The van der Waals surface area contributed by atoms with Gasteiger partial charge in [-0.1, -0.05) is 12.8 Å². The van der Waals surface area contributed by atoms with Gasteiger partial charge in [0, 0.05) is 19.0 Å². The molecule has 0 aliphatic heterocycles. The fraction of sp³-hybridized carbons (Fsp3) is 0.917. The Kier molecular flexibility index (Phi) is 5.77. The van der Waals surface area contributed by atoms with Crippen molar-refractivity contribution < 1.29 is 4.79 Å². The molecule has 16 heavy (non-hydrogen) atoms. The van der Waals surface area contributed by atoms with E-state index < -0.39 is 0 Å². The number of rotatable bonds is 5. The summed E-state index contributed by atoms with van der Waals surface area (Å²) in [4.78, 5) is 13.7. The molecule has 2 atom stereocenters. The zero-order chi connectivity index (χ0) is 12.0. The van der Waals surface area contributed by atoms with Crippen molar-refractivity contribution in [3.8, 4) is 0 Å². The molecule has 2 unspecified atom stereocenters. The van der Waals surface area contributed by atoms with Crippen LogP contribution < -0.4 is 11.1 Å². The maximum absolute atomic E-state index is 11.7. The summed E-state index contributed by atoms with van der Waals surface area (Å²) < 4.78 is 0. The molecule has 0 saturated heterocycles. The van der Waals surface area contributed by atoms with E-state index in [0.717, 1.165) is 19.4 Å². The smallest absolute Gasteiger partial charge is 0.221 e. The molecule has 0 radical (unpaired) electrons. The van der Waals surface area contributed by atoms with Gasteiger partial charge >= 0.3 is 0 Å². The van der Waals surface area contributed by atoms with E-state index in [0.29, 0.717) is 24.9 Å². The summed E-state index contributed by atoms with van der Waals surface area (Å²) in [6.07, 6.45) is 5.31. The van der Waals surface area contributed by atoms with Crippen molar-refractivity contribution in [2.45, 2.75) is 38.1 Å². The number of hydrogen-bond donors (Lipinski definition) is 2. The van der Waals surface area contributed by atoms with Gasteiger partial charge in [0.25, 0.3) is 0 Å². The third-order valence-electron chi connectivity index (χ3n) is 3.34. The van der Waals surface area contributed by atoms with E-state index in [4.69, 9.17) is 5.73 Å². The van der Waals surface area contributed by atoms with Crippen LogP contribution >= 0.6 is 0 Å². The molecule has 4 nitrogen and oxygen atoms in total. The third kappa shape index (κ3) is 4.49. The second kappa shape index (κ2) is 6.86. The normalized spacial score (nSPS) is 25.8. The van der Waals surface area contributed by atoms with Gasteiger partial charge in [-0.15, -0.1) is 0 Å². The molecule has 4 heteroatoms. The van der Waals surface area contributed by atoms with Gasteiger partial charge in [0.15, 0.2) is 0 Å². The van der Waals surface area contributed by atoms with Crippen LogP contribution in [0, 0.1) is 5.92 Å². The van der Waals surface area contributed by atoms with Crippen molar-refractivity contribution in [2.24, 2.45) is 11.7 Å². The van der Waals surface area contributed by atoms with Crippen molar-refractivity contribution in [3.05, 3.63) is 0 Å². The molecule has 1 amide bonds. The molecule has 0 spiro atoms. The highest BCUT2D eigenvalue weighted by atomic mass is 16.1. The molecule has 0 aromatic rings. The number of carbonyl (C=O) groups excluding carboxylic acids is 1. The summed E-state index contributed by atoms with van der Waals surface area (Å²) in [6.45, 7) is 1.50. The number of nitrogens with one attached hydrogen (secondary N) is 1. The molecule has 0 aromatic heterocycles. The van der Waals surface area contributed by atoms with Crippen LogP contribution in [0.3, 0.4) is 0 Å². The lowest BCUT2D eigenvalue weighted by Gasteiger charge is -2.31. The topological polar surface area (TPSA) is 58.4 Å². The molecule has 94 valence electrons. The van der Waals surface area contributed by atoms with E-state index in [9.17, 15) is 4.79 Å². The molecule has 1 saturated carbocycles.